The molecule has 0 rings (SSSR count). The normalized spacial score (nSPS) is 16.6. The molecule has 0 aliphatic heterocycles. The van der Waals surface area contributed by atoms with Crippen molar-refractivity contribution in [3.8, 4) is 0 Å². The molecule has 0 aromatic heterocycles. The molecule has 0 saturated heterocycles. The smallest absolute Gasteiger partial charge is 0.0996 e. The summed E-state index contributed by atoms with van der Waals surface area (Å²) in [4.78, 5) is 0. The Morgan fingerprint density at radius 3 is 2.00 bits per heavy atom. The van der Waals surface area contributed by atoms with Crippen molar-refractivity contribution in [2.24, 2.45) is 22.0 Å². The van der Waals surface area contributed by atoms with Crippen LogP contribution in [0.25, 0.3) is 0 Å². The standard InChI is InChI=1S/C13H24N2O/c1-9(2)7-8-11(5)13(16)12(6)15-14-10(3)4/h7-9,11,13,16H,1-6H3/b8-7-,15-12-/t11-,13+/m0/s1. The summed E-state index contributed by atoms with van der Waals surface area (Å²) in [5, 5.41) is 17.9. The van der Waals surface area contributed by atoms with E-state index in [-0.39, 0.29) is 5.92 Å². The Morgan fingerprint density at radius 2 is 1.56 bits per heavy atom. The zero-order valence-corrected chi connectivity index (χ0v) is 11.2. The zero-order valence-electron chi connectivity index (χ0n) is 11.2. The molecule has 0 aromatic carbocycles. The number of allylic oxidation sites excluding steroid dienone is 1. The maximum atomic E-state index is 9.96. The van der Waals surface area contributed by atoms with E-state index in [1.807, 2.05) is 26.8 Å². The van der Waals surface area contributed by atoms with Crippen LogP contribution in [0, 0.1) is 11.8 Å². The summed E-state index contributed by atoms with van der Waals surface area (Å²) in [6.07, 6.45) is 3.56. The highest BCUT2D eigenvalue weighted by Gasteiger charge is 2.14. The van der Waals surface area contributed by atoms with Gasteiger partial charge in [-0.05, 0) is 26.7 Å². The highest BCUT2D eigenvalue weighted by molar-refractivity contribution is 5.87. The van der Waals surface area contributed by atoms with Crippen molar-refractivity contribution < 1.29 is 5.11 Å². The lowest BCUT2D eigenvalue weighted by atomic mass is 9.99. The zero-order chi connectivity index (χ0) is 12.7. The third-order valence-corrected chi connectivity index (χ3v) is 2.13. The molecule has 3 heteroatoms. The highest BCUT2D eigenvalue weighted by atomic mass is 16.3. The van der Waals surface area contributed by atoms with Crippen molar-refractivity contribution >= 4 is 11.4 Å². The van der Waals surface area contributed by atoms with E-state index >= 15 is 0 Å². The lowest BCUT2D eigenvalue weighted by Gasteiger charge is -2.14. The Hall–Kier alpha value is -0.960. The van der Waals surface area contributed by atoms with Crippen LogP contribution >= 0.6 is 0 Å². The van der Waals surface area contributed by atoms with Gasteiger partial charge in [-0.3, -0.25) is 0 Å². The van der Waals surface area contributed by atoms with Gasteiger partial charge >= 0.3 is 0 Å². The number of rotatable bonds is 5. The molecule has 2 atom stereocenters. The second kappa shape index (κ2) is 7.34. The minimum atomic E-state index is -0.557. The third-order valence-electron chi connectivity index (χ3n) is 2.13. The van der Waals surface area contributed by atoms with E-state index in [0.717, 1.165) is 5.71 Å². The van der Waals surface area contributed by atoms with Crippen LogP contribution in [0.4, 0.5) is 0 Å². The molecule has 0 bridgehead atoms. The summed E-state index contributed by atoms with van der Waals surface area (Å²) in [6, 6.07) is 0. The van der Waals surface area contributed by atoms with Crippen LogP contribution in [0.15, 0.2) is 22.4 Å². The van der Waals surface area contributed by atoms with E-state index in [1.165, 1.54) is 0 Å². The van der Waals surface area contributed by atoms with Gasteiger partial charge in [0.1, 0.15) is 0 Å². The molecular weight excluding hydrogens is 200 g/mol. The first-order valence-electron chi connectivity index (χ1n) is 5.76. The maximum absolute atomic E-state index is 9.96. The predicted molar refractivity (Wildman–Crippen MR) is 71.0 cm³/mol. The predicted octanol–water partition coefficient (Wildman–Crippen LogP) is 3.05. The molecule has 0 radical (unpaired) electrons. The fraction of sp³-hybridized carbons (Fsp3) is 0.692. The molecule has 0 aromatic rings. The topological polar surface area (TPSA) is 45.0 Å². The number of aliphatic hydroxyl groups is 1. The van der Waals surface area contributed by atoms with Gasteiger partial charge in [-0.2, -0.15) is 10.2 Å². The van der Waals surface area contributed by atoms with Crippen molar-refractivity contribution in [2.45, 2.75) is 47.6 Å². The quantitative estimate of drug-likeness (QED) is 0.435. The molecule has 1 N–H and O–H groups in total. The van der Waals surface area contributed by atoms with E-state index in [9.17, 15) is 5.11 Å². The van der Waals surface area contributed by atoms with Crippen LogP contribution in [0.1, 0.15) is 41.5 Å². The molecule has 0 saturated carbocycles. The minimum absolute atomic E-state index is 0.0681. The number of hydrogen-bond donors (Lipinski definition) is 1. The summed E-state index contributed by atoms with van der Waals surface area (Å²) in [5.41, 5.74) is 1.54. The largest absolute Gasteiger partial charge is 0.386 e. The van der Waals surface area contributed by atoms with E-state index in [1.54, 1.807) is 6.92 Å². The molecule has 0 spiro atoms. The van der Waals surface area contributed by atoms with Gasteiger partial charge in [-0.15, -0.1) is 0 Å². The molecule has 0 amide bonds. The summed E-state index contributed by atoms with van der Waals surface area (Å²) < 4.78 is 0. The Kier molecular flexibility index (Phi) is 6.90. The van der Waals surface area contributed by atoms with Crippen molar-refractivity contribution in [1.29, 1.82) is 0 Å². The van der Waals surface area contributed by atoms with Gasteiger partial charge in [0, 0.05) is 11.6 Å². The molecule has 0 aliphatic rings. The van der Waals surface area contributed by atoms with Crippen LogP contribution < -0.4 is 0 Å². The lowest BCUT2D eigenvalue weighted by molar-refractivity contribution is 0.202. The number of hydrogen-bond acceptors (Lipinski definition) is 3. The minimum Gasteiger partial charge on any atom is -0.386 e. The summed E-state index contributed by atoms with van der Waals surface area (Å²) in [7, 11) is 0. The first-order chi connectivity index (χ1) is 7.34. The molecular formula is C13H24N2O. The van der Waals surface area contributed by atoms with Crippen molar-refractivity contribution in [2.75, 3.05) is 0 Å². The molecule has 0 unspecified atom stereocenters. The lowest BCUT2D eigenvalue weighted by Crippen LogP contribution is -2.24. The summed E-state index contributed by atoms with van der Waals surface area (Å²) in [6.45, 7) is 11.8. The SMILES string of the molecule is CC(C)=N/N=C(/C)[C@H](O)[C@@H](C)/C=C\C(C)C. The first kappa shape index (κ1) is 15.0. The van der Waals surface area contributed by atoms with E-state index in [0.29, 0.717) is 11.6 Å². The van der Waals surface area contributed by atoms with E-state index < -0.39 is 6.10 Å². The first-order valence-corrected chi connectivity index (χ1v) is 5.76. The number of nitrogens with zero attached hydrogens (tertiary/aromatic N) is 2. The van der Waals surface area contributed by atoms with Gasteiger partial charge in [0.15, 0.2) is 0 Å². The Morgan fingerprint density at radius 1 is 1.00 bits per heavy atom. The van der Waals surface area contributed by atoms with Crippen molar-refractivity contribution in [3.05, 3.63) is 12.2 Å². The maximum Gasteiger partial charge on any atom is 0.0996 e. The van der Waals surface area contributed by atoms with Gasteiger partial charge in [-0.25, -0.2) is 0 Å². The fourth-order valence-corrected chi connectivity index (χ4v) is 1.12. The van der Waals surface area contributed by atoms with Gasteiger partial charge in [0.05, 0.1) is 11.8 Å². The Balaban J connectivity index is 4.49. The average molecular weight is 224 g/mol. The van der Waals surface area contributed by atoms with Crippen molar-refractivity contribution in [3.63, 3.8) is 0 Å². The van der Waals surface area contributed by atoms with E-state index in [2.05, 4.69) is 30.1 Å². The number of aliphatic hydroxyl groups excluding tert-OH is 1. The molecule has 0 heterocycles. The van der Waals surface area contributed by atoms with Crippen LogP contribution in [-0.2, 0) is 0 Å². The van der Waals surface area contributed by atoms with Gasteiger partial charge < -0.3 is 5.11 Å². The third kappa shape index (κ3) is 6.51. The second-order valence-electron chi connectivity index (χ2n) is 4.72. The molecule has 92 valence electrons. The van der Waals surface area contributed by atoms with Gasteiger partial charge in [0.25, 0.3) is 0 Å². The fourth-order valence-electron chi connectivity index (χ4n) is 1.12. The van der Waals surface area contributed by atoms with Gasteiger partial charge in [-0.1, -0.05) is 32.9 Å². The monoisotopic (exact) mass is 224 g/mol. The van der Waals surface area contributed by atoms with Crippen molar-refractivity contribution in [1.82, 2.24) is 0 Å². The average Bonchev–Trinajstić information content (AvgIpc) is 2.21. The highest BCUT2D eigenvalue weighted by Crippen LogP contribution is 2.09. The Labute approximate surface area is 99.0 Å². The second-order valence-corrected chi connectivity index (χ2v) is 4.72. The Bertz CT molecular complexity index is 286. The van der Waals surface area contributed by atoms with Crippen LogP contribution in [-0.4, -0.2) is 22.6 Å². The summed E-state index contributed by atoms with van der Waals surface area (Å²) >= 11 is 0. The molecule has 16 heavy (non-hydrogen) atoms. The molecule has 3 nitrogen and oxygen atoms in total. The van der Waals surface area contributed by atoms with Crippen LogP contribution in [0.3, 0.4) is 0 Å². The van der Waals surface area contributed by atoms with E-state index in [4.69, 9.17) is 0 Å². The van der Waals surface area contributed by atoms with Crippen LogP contribution in [0.2, 0.25) is 0 Å². The van der Waals surface area contributed by atoms with Crippen LogP contribution in [0.5, 0.6) is 0 Å². The molecule has 0 aliphatic carbocycles. The molecule has 0 fully saturated rings. The summed E-state index contributed by atoms with van der Waals surface area (Å²) in [5.74, 6) is 0.571. The van der Waals surface area contributed by atoms with Gasteiger partial charge in [0.2, 0.25) is 0 Å².